The van der Waals surface area contributed by atoms with Crippen molar-refractivity contribution >= 4 is 17.3 Å². The van der Waals surface area contributed by atoms with Gasteiger partial charge in [0.1, 0.15) is 5.75 Å². The van der Waals surface area contributed by atoms with Gasteiger partial charge in [-0.3, -0.25) is 0 Å². The highest BCUT2D eigenvalue weighted by molar-refractivity contribution is 7.80. The van der Waals surface area contributed by atoms with Crippen LogP contribution in [-0.2, 0) is 6.42 Å². The molecule has 1 N–H and O–H groups in total. The van der Waals surface area contributed by atoms with Crippen molar-refractivity contribution in [1.82, 2.24) is 10.2 Å². The van der Waals surface area contributed by atoms with Gasteiger partial charge < -0.3 is 15.0 Å². The minimum atomic E-state index is 0.327. The molecule has 0 aliphatic carbocycles. The number of benzene rings is 1. The van der Waals surface area contributed by atoms with Crippen LogP contribution in [0.1, 0.15) is 25.8 Å². The Balaban J connectivity index is 2.63. The Morgan fingerprint density at radius 3 is 2.74 bits per heavy atom. The molecule has 4 heteroatoms. The third-order valence-corrected chi connectivity index (χ3v) is 3.65. The van der Waals surface area contributed by atoms with Crippen molar-refractivity contribution in [3.05, 3.63) is 29.8 Å². The van der Waals surface area contributed by atoms with E-state index in [1.165, 1.54) is 5.56 Å². The highest BCUT2D eigenvalue weighted by Gasteiger charge is 2.14. The molecule has 19 heavy (non-hydrogen) atoms. The van der Waals surface area contributed by atoms with E-state index in [1.807, 2.05) is 25.2 Å². The summed E-state index contributed by atoms with van der Waals surface area (Å²) in [5.41, 5.74) is 1.21. The number of rotatable bonds is 6. The van der Waals surface area contributed by atoms with E-state index in [-0.39, 0.29) is 0 Å². The zero-order valence-corrected chi connectivity index (χ0v) is 13.1. The van der Waals surface area contributed by atoms with E-state index in [2.05, 4.69) is 30.1 Å². The maximum Gasteiger partial charge on any atom is 0.168 e. The van der Waals surface area contributed by atoms with E-state index in [0.717, 1.165) is 30.2 Å². The Morgan fingerprint density at radius 1 is 1.42 bits per heavy atom. The summed E-state index contributed by atoms with van der Waals surface area (Å²) in [6, 6.07) is 8.46. The lowest BCUT2D eigenvalue weighted by molar-refractivity contribution is 0.369. The van der Waals surface area contributed by atoms with Crippen LogP contribution in [0.2, 0.25) is 0 Å². The Morgan fingerprint density at radius 2 is 2.11 bits per heavy atom. The number of hydrogen-bond donors (Lipinski definition) is 1. The number of hydrogen-bond acceptors (Lipinski definition) is 2. The van der Waals surface area contributed by atoms with Crippen LogP contribution in [0.5, 0.6) is 5.75 Å². The van der Waals surface area contributed by atoms with Gasteiger partial charge in [-0.05, 0) is 43.6 Å². The molecule has 3 nitrogen and oxygen atoms in total. The maximum absolute atomic E-state index is 5.38. The Hall–Kier alpha value is -1.29. The molecule has 0 amide bonds. The zero-order chi connectivity index (χ0) is 14.3. The van der Waals surface area contributed by atoms with Crippen LogP contribution in [-0.4, -0.2) is 36.8 Å². The summed E-state index contributed by atoms with van der Waals surface area (Å²) >= 11 is 5.38. The molecule has 106 valence electrons. The van der Waals surface area contributed by atoms with Gasteiger partial charge in [0.15, 0.2) is 5.11 Å². The monoisotopic (exact) mass is 280 g/mol. The normalized spacial score (nSPS) is 11.8. The SMILES string of the molecule is CCCNC(=S)N(C)C(C)Cc1ccccc1OC. The van der Waals surface area contributed by atoms with Crippen LogP contribution in [0.25, 0.3) is 0 Å². The Kier molecular flexibility index (Phi) is 6.64. The molecule has 0 aliphatic heterocycles. The molecule has 1 unspecified atom stereocenters. The second-order valence-electron chi connectivity index (χ2n) is 4.71. The summed E-state index contributed by atoms with van der Waals surface area (Å²) in [5, 5.41) is 4.06. The molecule has 0 spiro atoms. The van der Waals surface area contributed by atoms with Crippen LogP contribution < -0.4 is 10.1 Å². The van der Waals surface area contributed by atoms with Crippen molar-refractivity contribution in [2.24, 2.45) is 0 Å². The van der Waals surface area contributed by atoms with E-state index in [0.29, 0.717) is 6.04 Å². The number of nitrogens with one attached hydrogen (secondary N) is 1. The molecule has 1 rings (SSSR count). The molecule has 0 radical (unpaired) electrons. The molecule has 0 aromatic heterocycles. The number of ether oxygens (including phenoxy) is 1. The smallest absolute Gasteiger partial charge is 0.168 e. The van der Waals surface area contributed by atoms with Crippen molar-refractivity contribution in [2.45, 2.75) is 32.7 Å². The van der Waals surface area contributed by atoms with Crippen LogP contribution in [0.4, 0.5) is 0 Å². The predicted octanol–water partition coefficient (Wildman–Crippen LogP) is 2.84. The third kappa shape index (κ3) is 4.71. The summed E-state index contributed by atoms with van der Waals surface area (Å²) in [7, 11) is 3.74. The zero-order valence-electron chi connectivity index (χ0n) is 12.3. The highest BCUT2D eigenvalue weighted by atomic mass is 32.1. The summed E-state index contributed by atoms with van der Waals surface area (Å²) in [6.07, 6.45) is 1.99. The molecule has 0 aliphatic rings. The van der Waals surface area contributed by atoms with Gasteiger partial charge >= 0.3 is 0 Å². The Labute approximate surface area is 121 Å². The molecule has 0 heterocycles. The topological polar surface area (TPSA) is 24.5 Å². The van der Waals surface area contributed by atoms with Crippen molar-refractivity contribution < 1.29 is 4.74 Å². The van der Waals surface area contributed by atoms with Crippen molar-refractivity contribution in [2.75, 3.05) is 20.7 Å². The van der Waals surface area contributed by atoms with E-state index in [9.17, 15) is 0 Å². The van der Waals surface area contributed by atoms with E-state index in [4.69, 9.17) is 17.0 Å². The molecule has 0 fully saturated rings. The average Bonchev–Trinajstić information content (AvgIpc) is 2.44. The minimum absolute atomic E-state index is 0.327. The Bertz CT molecular complexity index is 409. The summed E-state index contributed by atoms with van der Waals surface area (Å²) in [5.74, 6) is 0.940. The van der Waals surface area contributed by atoms with Crippen molar-refractivity contribution in [1.29, 1.82) is 0 Å². The fourth-order valence-corrected chi connectivity index (χ4v) is 2.17. The first-order valence-electron chi connectivity index (χ1n) is 6.72. The third-order valence-electron chi connectivity index (χ3n) is 3.22. The number of thiocarbonyl (C=S) groups is 1. The van der Waals surface area contributed by atoms with Crippen LogP contribution in [0.15, 0.2) is 24.3 Å². The van der Waals surface area contributed by atoms with E-state index < -0.39 is 0 Å². The van der Waals surface area contributed by atoms with Gasteiger partial charge in [-0.25, -0.2) is 0 Å². The van der Waals surface area contributed by atoms with Gasteiger partial charge in [0, 0.05) is 19.6 Å². The van der Waals surface area contributed by atoms with Gasteiger partial charge in [0.2, 0.25) is 0 Å². The number of nitrogens with zero attached hydrogens (tertiary/aromatic N) is 1. The summed E-state index contributed by atoms with van der Waals surface area (Å²) in [6.45, 7) is 5.23. The van der Waals surface area contributed by atoms with Gasteiger partial charge in [0.25, 0.3) is 0 Å². The predicted molar refractivity (Wildman–Crippen MR) is 84.8 cm³/mol. The summed E-state index contributed by atoms with van der Waals surface area (Å²) < 4.78 is 5.38. The van der Waals surface area contributed by atoms with Crippen molar-refractivity contribution in [3.8, 4) is 5.75 Å². The fraction of sp³-hybridized carbons (Fsp3) is 0.533. The van der Waals surface area contributed by atoms with Crippen molar-refractivity contribution in [3.63, 3.8) is 0 Å². The first-order chi connectivity index (χ1) is 9.10. The molecule has 0 saturated carbocycles. The van der Waals surface area contributed by atoms with Gasteiger partial charge in [-0.2, -0.15) is 0 Å². The van der Waals surface area contributed by atoms with Crippen LogP contribution in [0, 0.1) is 0 Å². The van der Waals surface area contributed by atoms with Gasteiger partial charge in [-0.15, -0.1) is 0 Å². The quantitative estimate of drug-likeness (QED) is 0.810. The van der Waals surface area contributed by atoms with E-state index in [1.54, 1.807) is 7.11 Å². The fourth-order valence-electron chi connectivity index (χ4n) is 1.88. The largest absolute Gasteiger partial charge is 0.496 e. The molecule has 1 atom stereocenters. The molecule has 0 saturated heterocycles. The molecular formula is C15H24N2OS. The lowest BCUT2D eigenvalue weighted by Gasteiger charge is -2.28. The first kappa shape index (κ1) is 15.8. The molecule has 1 aromatic carbocycles. The summed E-state index contributed by atoms with van der Waals surface area (Å²) in [4.78, 5) is 2.11. The lowest BCUT2D eigenvalue weighted by Crippen LogP contribution is -2.43. The number of para-hydroxylation sites is 1. The minimum Gasteiger partial charge on any atom is -0.496 e. The second-order valence-corrected chi connectivity index (χ2v) is 5.09. The second kappa shape index (κ2) is 8.00. The number of likely N-dealkylation sites (N-methyl/N-ethyl adjacent to an activating group) is 1. The molecule has 1 aromatic rings. The van der Waals surface area contributed by atoms with E-state index >= 15 is 0 Å². The van der Waals surface area contributed by atoms with Crippen LogP contribution in [0.3, 0.4) is 0 Å². The van der Waals surface area contributed by atoms with Crippen LogP contribution >= 0.6 is 12.2 Å². The molecule has 0 bridgehead atoms. The lowest BCUT2D eigenvalue weighted by atomic mass is 10.1. The highest BCUT2D eigenvalue weighted by Crippen LogP contribution is 2.20. The molecular weight excluding hydrogens is 256 g/mol. The average molecular weight is 280 g/mol. The maximum atomic E-state index is 5.38. The van der Waals surface area contributed by atoms with Gasteiger partial charge in [0.05, 0.1) is 7.11 Å². The first-order valence-corrected chi connectivity index (χ1v) is 7.13. The standard InChI is InChI=1S/C15H24N2OS/c1-5-10-16-15(19)17(3)12(2)11-13-8-6-7-9-14(13)18-4/h6-9,12H,5,10-11H2,1-4H3,(H,16,19). The number of methoxy groups -OCH3 is 1. The van der Waals surface area contributed by atoms with Gasteiger partial charge in [-0.1, -0.05) is 25.1 Å².